The lowest BCUT2D eigenvalue weighted by atomic mass is 10.2. The van der Waals surface area contributed by atoms with Crippen molar-refractivity contribution in [3.8, 4) is 0 Å². The van der Waals surface area contributed by atoms with Gasteiger partial charge in [0.05, 0.1) is 10.6 Å². The molecule has 1 fully saturated rings. The van der Waals surface area contributed by atoms with Gasteiger partial charge in [0.15, 0.2) is 0 Å². The topological polar surface area (TPSA) is 36.4 Å². The Balaban J connectivity index is 2.20. The third-order valence-corrected chi connectivity index (χ3v) is 3.77. The lowest BCUT2D eigenvalue weighted by Gasteiger charge is -2.27. The third-order valence-electron chi connectivity index (χ3n) is 3.27. The highest BCUT2D eigenvalue weighted by molar-refractivity contribution is 6.35. The molecular weight excluding hydrogens is 285 g/mol. The minimum atomic E-state index is -0.0568. The van der Waals surface area contributed by atoms with E-state index in [1.165, 1.54) is 12.3 Å². The molecule has 0 radical (unpaired) electrons. The van der Waals surface area contributed by atoms with Gasteiger partial charge in [0, 0.05) is 25.3 Å². The molecule has 0 spiro atoms. The minimum absolute atomic E-state index is 0.0568. The van der Waals surface area contributed by atoms with Gasteiger partial charge in [0.1, 0.15) is 5.15 Å². The normalized spacial score (nSPS) is 19.2. The molecule has 0 bridgehead atoms. The molecule has 19 heavy (non-hydrogen) atoms. The smallest absolute Gasteiger partial charge is 0.255 e. The number of likely N-dealkylation sites (tertiary alicyclic amines) is 1. The number of nitrogens with zero attached hydrogens (tertiary/aromatic N) is 3. The van der Waals surface area contributed by atoms with E-state index in [4.69, 9.17) is 23.2 Å². The molecule has 104 valence electrons. The number of carbonyl (C=O) groups is 1. The molecule has 2 rings (SSSR count). The van der Waals surface area contributed by atoms with Crippen LogP contribution in [0, 0.1) is 0 Å². The molecule has 0 aliphatic carbocycles. The van der Waals surface area contributed by atoms with Crippen LogP contribution in [0.1, 0.15) is 23.2 Å². The molecule has 0 saturated carbocycles. The highest BCUT2D eigenvalue weighted by atomic mass is 35.5. The van der Waals surface area contributed by atoms with Crippen LogP contribution in [0.3, 0.4) is 0 Å². The average Bonchev–Trinajstić information content (AvgIpc) is 2.78. The highest BCUT2D eigenvalue weighted by Crippen LogP contribution is 2.25. The zero-order valence-electron chi connectivity index (χ0n) is 11.1. The molecule has 1 aliphatic heterocycles. The van der Waals surface area contributed by atoms with Gasteiger partial charge >= 0.3 is 0 Å². The largest absolute Gasteiger partial charge is 0.334 e. The summed E-state index contributed by atoms with van der Waals surface area (Å²) < 4.78 is 0. The summed E-state index contributed by atoms with van der Waals surface area (Å²) >= 11 is 11.9. The molecule has 0 N–H and O–H groups in total. The number of aromatic nitrogens is 1. The number of hydrogen-bond donors (Lipinski definition) is 0. The van der Waals surface area contributed by atoms with Crippen LogP contribution in [-0.4, -0.2) is 53.9 Å². The number of likely N-dealkylation sites (N-methyl/N-ethyl adjacent to an activating group) is 1. The second-order valence-electron chi connectivity index (χ2n) is 5.04. The molecule has 1 aromatic heterocycles. The molecule has 4 nitrogen and oxygen atoms in total. The van der Waals surface area contributed by atoms with Crippen molar-refractivity contribution in [2.24, 2.45) is 0 Å². The second-order valence-corrected chi connectivity index (χ2v) is 5.84. The van der Waals surface area contributed by atoms with Crippen LogP contribution in [0.25, 0.3) is 0 Å². The van der Waals surface area contributed by atoms with Gasteiger partial charge in [-0.15, -0.1) is 0 Å². The fraction of sp³-hybridized carbons (Fsp3) is 0.538. The number of carbonyl (C=O) groups excluding carboxylic acids is 1. The van der Waals surface area contributed by atoms with Gasteiger partial charge in [-0.1, -0.05) is 23.2 Å². The Kier molecular flexibility index (Phi) is 4.66. The van der Waals surface area contributed by atoms with Crippen LogP contribution < -0.4 is 0 Å². The molecule has 6 heteroatoms. The summed E-state index contributed by atoms with van der Waals surface area (Å²) in [6.07, 6.45) is 3.48. The summed E-state index contributed by atoms with van der Waals surface area (Å²) in [5.74, 6) is -0.0568. The van der Waals surface area contributed by atoms with E-state index >= 15 is 0 Å². The van der Waals surface area contributed by atoms with E-state index in [2.05, 4.69) is 9.88 Å². The number of pyridine rings is 1. The van der Waals surface area contributed by atoms with Gasteiger partial charge in [-0.05, 0) is 33.0 Å². The van der Waals surface area contributed by atoms with E-state index in [0.29, 0.717) is 10.6 Å². The van der Waals surface area contributed by atoms with E-state index in [1.54, 1.807) is 0 Å². The van der Waals surface area contributed by atoms with Crippen molar-refractivity contribution in [2.45, 2.75) is 18.9 Å². The van der Waals surface area contributed by atoms with Crippen LogP contribution in [0.2, 0.25) is 10.2 Å². The lowest BCUT2D eigenvalue weighted by molar-refractivity contribution is 0.0716. The Labute approximate surface area is 123 Å². The highest BCUT2D eigenvalue weighted by Gasteiger charge is 2.30. The summed E-state index contributed by atoms with van der Waals surface area (Å²) in [5.41, 5.74) is 0.437. The van der Waals surface area contributed by atoms with E-state index in [0.717, 1.165) is 25.9 Å². The molecule has 1 saturated heterocycles. The van der Waals surface area contributed by atoms with Crippen LogP contribution in [-0.2, 0) is 0 Å². The minimum Gasteiger partial charge on any atom is -0.334 e. The first-order valence-electron chi connectivity index (χ1n) is 6.26. The van der Waals surface area contributed by atoms with Crippen molar-refractivity contribution in [3.05, 3.63) is 28.0 Å². The van der Waals surface area contributed by atoms with E-state index < -0.39 is 0 Å². The number of amides is 1. The molecule has 1 aliphatic rings. The van der Waals surface area contributed by atoms with Crippen LogP contribution in [0.4, 0.5) is 0 Å². The van der Waals surface area contributed by atoms with Crippen molar-refractivity contribution < 1.29 is 4.79 Å². The van der Waals surface area contributed by atoms with Crippen molar-refractivity contribution in [2.75, 3.05) is 27.2 Å². The molecule has 0 aromatic carbocycles. The summed E-state index contributed by atoms with van der Waals surface area (Å²) in [6.45, 7) is 1.63. The summed E-state index contributed by atoms with van der Waals surface area (Å²) in [5, 5.41) is 0.640. The molecule has 1 aromatic rings. The third kappa shape index (κ3) is 3.38. The molecule has 1 unspecified atom stereocenters. The van der Waals surface area contributed by atoms with Gasteiger partial charge < -0.3 is 9.80 Å². The number of halogens is 2. The van der Waals surface area contributed by atoms with Gasteiger partial charge in [0.25, 0.3) is 5.91 Å². The number of rotatable bonds is 3. The molecular formula is C13H17Cl2N3O. The van der Waals surface area contributed by atoms with Gasteiger partial charge in [-0.3, -0.25) is 4.79 Å². The zero-order chi connectivity index (χ0) is 14.0. The predicted molar refractivity (Wildman–Crippen MR) is 76.9 cm³/mol. The van der Waals surface area contributed by atoms with Crippen LogP contribution >= 0.6 is 23.2 Å². The van der Waals surface area contributed by atoms with Crippen molar-refractivity contribution in [3.63, 3.8) is 0 Å². The Morgan fingerprint density at radius 3 is 2.95 bits per heavy atom. The Morgan fingerprint density at radius 2 is 2.26 bits per heavy atom. The summed E-state index contributed by atoms with van der Waals surface area (Å²) in [7, 11) is 4.02. The average molecular weight is 302 g/mol. The van der Waals surface area contributed by atoms with Gasteiger partial charge in [-0.25, -0.2) is 4.98 Å². The van der Waals surface area contributed by atoms with Crippen molar-refractivity contribution in [1.82, 2.24) is 14.8 Å². The SMILES string of the molecule is CN(C)CC1CCCN1C(=O)c1cc(Cl)ncc1Cl. The Hall–Kier alpha value is -0.840. The molecule has 2 heterocycles. The van der Waals surface area contributed by atoms with Crippen molar-refractivity contribution in [1.29, 1.82) is 0 Å². The van der Waals surface area contributed by atoms with Gasteiger partial charge in [0.2, 0.25) is 0 Å². The fourth-order valence-corrected chi connectivity index (χ4v) is 2.79. The first-order valence-corrected chi connectivity index (χ1v) is 7.01. The van der Waals surface area contributed by atoms with Crippen LogP contribution in [0.15, 0.2) is 12.3 Å². The van der Waals surface area contributed by atoms with E-state index in [1.807, 2.05) is 19.0 Å². The number of hydrogen-bond acceptors (Lipinski definition) is 3. The fourth-order valence-electron chi connectivity index (χ4n) is 2.45. The Bertz CT molecular complexity index is 479. The summed E-state index contributed by atoms with van der Waals surface area (Å²) in [4.78, 5) is 20.4. The second kappa shape index (κ2) is 6.07. The van der Waals surface area contributed by atoms with E-state index in [9.17, 15) is 4.79 Å². The summed E-state index contributed by atoms with van der Waals surface area (Å²) in [6, 6.07) is 1.78. The molecule has 1 amide bonds. The van der Waals surface area contributed by atoms with E-state index in [-0.39, 0.29) is 17.1 Å². The van der Waals surface area contributed by atoms with Crippen molar-refractivity contribution >= 4 is 29.1 Å². The first kappa shape index (κ1) is 14.6. The maximum absolute atomic E-state index is 12.5. The van der Waals surface area contributed by atoms with Gasteiger partial charge in [-0.2, -0.15) is 0 Å². The first-order chi connectivity index (χ1) is 8.99. The quantitative estimate of drug-likeness (QED) is 0.805. The maximum Gasteiger partial charge on any atom is 0.255 e. The predicted octanol–water partition coefficient (Wildman–Crippen LogP) is 2.55. The standard InChI is InChI=1S/C13H17Cl2N3O/c1-17(2)8-9-4-3-5-18(9)13(19)10-6-12(15)16-7-11(10)14/h6-7,9H,3-5,8H2,1-2H3. The van der Waals surface area contributed by atoms with Crippen LogP contribution in [0.5, 0.6) is 0 Å². The monoisotopic (exact) mass is 301 g/mol. The molecule has 1 atom stereocenters. The maximum atomic E-state index is 12.5. The lowest BCUT2D eigenvalue weighted by Crippen LogP contribution is -2.41. The Morgan fingerprint density at radius 1 is 1.53 bits per heavy atom. The zero-order valence-corrected chi connectivity index (χ0v) is 12.6.